The number of ether oxygens (including phenoxy) is 1. The first-order chi connectivity index (χ1) is 11.5. The van der Waals surface area contributed by atoms with Crippen molar-refractivity contribution in [2.75, 3.05) is 18.2 Å². The Morgan fingerprint density at radius 2 is 2.08 bits per heavy atom. The number of pyridine rings is 1. The molecule has 1 aromatic carbocycles. The van der Waals surface area contributed by atoms with Crippen molar-refractivity contribution in [1.29, 1.82) is 0 Å². The summed E-state index contributed by atoms with van der Waals surface area (Å²) in [6.45, 7) is 2.06. The van der Waals surface area contributed by atoms with Crippen LogP contribution in [0.5, 0.6) is 5.75 Å². The van der Waals surface area contributed by atoms with E-state index in [0.29, 0.717) is 29.4 Å². The molecule has 0 aliphatic carbocycles. The molecule has 0 atom stereocenters. The Kier molecular flexibility index (Phi) is 4.39. The van der Waals surface area contributed by atoms with Crippen molar-refractivity contribution in [3.05, 3.63) is 42.2 Å². The van der Waals surface area contributed by atoms with Gasteiger partial charge in [-0.25, -0.2) is 8.42 Å². The molecule has 126 valence electrons. The van der Waals surface area contributed by atoms with Gasteiger partial charge in [-0.3, -0.25) is 4.98 Å². The number of fused-ring (bicyclic) bond motifs is 1. The number of aromatic nitrogens is 2. The Morgan fingerprint density at radius 1 is 1.25 bits per heavy atom. The first kappa shape index (κ1) is 16.3. The van der Waals surface area contributed by atoms with Crippen molar-refractivity contribution in [2.45, 2.75) is 18.4 Å². The second kappa shape index (κ2) is 6.48. The fraction of sp³-hybridized carbons (Fsp3) is 0.250. The van der Waals surface area contributed by atoms with E-state index in [1.54, 1.807) is 32.5 Å². The minimum atomic E-state index is -3.27. The SMILES string of the molecule is CCS(=O)(=O)c1ccc2oc(NCc3cncc(OC)c3)nc2c1. The summed E-state index contributed by atoms with van der Waals surface area (Å²) >= 11 is 0. The van der Waals surface area contributed by atoms with Crippen LogP contribution in [0.1, 0.15) is 12.5 Å². The highest BCUT2D eigenvalue weighted by molar-refractivity contribution is 7.91. The van der Waals surface area contributed by atoms with E-state index in [1.165, 1.54) is 12.1 Å². The molecule has 2 heterocycles. The van der Waals surface area contributed by atoms with Crippen molar-refractivity contribution >= 4 is 27.0 Å². The summed E-state index contributed by atoms with van der Waals surface area (Å²) in [5, 5.41) is 3.05. The Morgan fingerprint density at radius 3 is 2.83 bits per heavy atom. The first-order valence-corrected chi connectivity index (χ1v) is 9.02. The average Bonchev–Trinajstić information content (AvgIpc) is 3.02. The number of methoxy groups -OCH3 is 1. The molecule has 8 heteroatoms. The highest BCUT2D eigenvalue weighted by atomic mass is 32.2. The van der Waals surface area contributed by atoms with Crippen LogP contribution in [0.2, 0.25) is 0 Å². The number of rotatable bonds is 6. The summed E-state index contributed by atoms with van der Waals surface area (Å²) in [6.07, 6.45) is 3.34. The second-order valence-electron chi connectivity index (χ2n) is 5.14. The second-order valence-corrected chi connectivity index (χ2v) is 7.42. The molecule has 3 rings (SSSR count). The average molecular weight is 347 g/mol. The van der Waals surface area contributed by atoms with E-state index in [4.69, 9.17) is 9.15 Å². The molecule has 0 amide bonds. The quantitative estimate of drug-likeness (QED) is 0.732. The van der Waals surface area contributed by atoms with Crippen LogP contribution in [0.25, 0.3) is 11.1 Å². The zero-order valence-electron chi connectivity index (χ0n) is 13.3. The van der Waals surface area contributed by atoms with Gasteiger partial charge in [0, 0.05) is 12.7 Å². The predicted molar refractivity (Wildman–Crippen MR) is 89.9 cm³/mol. The molecule has 7 nitrogen and oxygen atoms in total. The molecule has 0 spiro atoms. The minimum Gasteiger partial charge on any atom is -0.495 e. The number of hydrogen-bond acceptors (Lipinski definition) is 7. The lowest BCUT2D eigenvalue weighted by Gasteiger charge is -2.03. The van der Waals surface area contributed by atoms with E-state index in [1.807, 2.05) is 6.07 Å². The zero-order valence-corrected chi connectivity index (χ0v) is 14.1. The van der Waals surface area contributed by atoms with Gasteiger partial charge >= 0.3 is 0 Å². The molecule has 0 radical (unpaired) electrons. The van der Waals surface area contributed by atoms with Gasteiger partial charge in [-0.2, -0.15) is 4.98 Å². The maximum Gasteiger partial charge on any atom is 0.295 e. The molecule has 0 aliphatic heterocycles. The number of oxazole rings is 1. The molecule has 0 fully saturated rings. The van der Waals surface area contributed by atoms with Crippen LogP contribution in [0.15, 0.2) is 46.0 Å². The summed E-state index contributed by atoms with van der Waals surface area (Å²) in [5.74, 6) is 0.714. The molecule has 0 aliphatic rings. The lowest BCUT2D eigenvalue weighted by Crippen LogP contribution is -2.03. The summed E-state index contributed by atoms with van der Waals surface area (Å²) in [5.41, 5.74) is 1.93. The maximum absolute atomic E-state index is 11.9. The van der Waals surface area contributed by atoms with Gasteiger partial charge < -0.3 is 14.5 Å². The van der Waals surface area contributed by atoms with Crippen LogP contribution >= 0.6 is 0 Å². The van der Waals surface area contributed by atoms with Gasteiger partial charge in [0.25, 0.3) is 6.01 Å². The number of hydrogen-bond donors (Lipinski definition) is 1. The third-order valence-electron chi connectivity index (χ3n) is 3.55. The molecule has 24 heavy (non-hydrogen) atoms. The number of benzene rings is 1. The highest BCUT2D eigenvalue weighted by Crippen LogP contribution is 2.23. The van der Waals surface area contributed by atoms with Crippen LogP contribution in [-0.4, -0.2) is 31.2 Å². The Bertz CT molecular complexity index is 966. The monoisotopic (exact) mass is 347 g/mol. The highest BCUT2D eigenvalue weighted by Gasteiger charge is 2.14. The molecule has 2 aromatic heterocycles. The first-order valence-electron chi connectivity index (χ1n) is 7.37. The van der Waals surface area contributed by atoms with Gasteiger partial charge in [0.05, 0.1) is 24.0 Å². The summed E-state index contributed by atoms with van der Waals surface area (Å²) in [4.78, 5) is 8.61. The van der Waals surface area contributed by atoms with Gasteiger partial charge in [-0.15, -0.1) is 0 Å². The van der Waals surface area contributed by atoms with Crippen LogP contribution in [0.4, 0.5) is 6.01 Å². The maximum atomic E-state index is 11.9. The van der Waals surface area contributed by atoms with E-state index in [2.05, 4.69) is 15.3 Å². The van der Waals surface area contributed by atoms with Crippen LogP contribution < -0.4 is 10.1 Å². The van der Waals surface area contributed by atoms with Gasteiger partial charge in [0.15, 0.2) is 15.4 Å². The summed E-state index contributed by atoms with van der Waals surface area (Å²) < 4.78 is 34.6. The lowest BCUT2D eigenvalue weighted by molar-refractivity contribution is 0.412. The largest absolute Gasteiger partial charge is 0.495 e. The molecule has 0 saturated heterocycles. The molecule has 0 unspecified atom stereocenters. The zero-order chi connectivity index (χ0) is 17.2. The number of anilines is 1. The fourth-order valence-corrected chi connectivity index (χ4v) is 3.09. The Hall–Kier alpha value is -2.61. The summed E-state index contributed by atoms with van der Waals surface area (Å²) in [7, 11) is -1.69. The lowest BCUT2D eigenvalue weighted by atomic mass is 10.3. The van der Waals surface area contributed by atoms with Crippen LogP contribution in [0.3, 0.4) is 0 Å². The van der Waals surface area contributed by atoms with Gasteiger partial charge in [-0.05, 0) is 29.8 Å². The third-order valence-corrected chi connectivity index (χ3v) is 5.28. The molecule has 0 bridgehead atoms. The Balaban J connectivity index is 1.80. The molecule has 1 N–H and O–H groups in total. The molecular weight excluding hydrogens is 330 g/mol. The van der Waals surface area contributed by atoms with Gasteiger partial charge in [0.1, 0.15) is 11.3 Å². The van der Waals surface area contributed by atoms with E-state index >= 15 is 0 Å². The minimum absolute atomic E-state index is 0.0459. The normalized spacial score (nSPS) is 11.6. The molecule has 3 aromatic rings. The van der Waals surface area contributed by atoms with E-state index in [0.717, 1.165) is 5.56 Å². The van der Waals surface area contributed by atoms with E-state index < -0.39 is 9.84 Å². The number of nitrogens with one attached hydrogen (secondary N) is 1. The van der Waals surface area contributed by atoms with Crippen molar-refractivity contribution in [3.8, 4) is 5.75 Å². The standard InChI is InChI=1S/C16H17N3O4S/c1-3-24(20,21)13-4-5-15-14(7-13)19-16(23-15)18-9-11-6-12(22-2)10-17-8-11/h4-8,10H,3,9H2,1-2H3,(H,18,19). The predicted octanol–water partition coefficient (Wildman–Crippen LogP) is 2.64. The van der Waals surface area contributed by atoms with Crippen molar-refractivity contribution < 1.29 is 17.6 Å². The number of nitrogens with zero attached hydrogens (tertiary/aromatic N) is 2. The van der Waals surface area contributed by atoms with Crippen molar-refractivity contribution in [1.82, 2.24) is 9.97 Å². The Labute approximate surface area is 139 Å². The third kappa shape index (κ3) is 3.33. The van der Waals surface area contributed by atoms with Crippen LogP contribution in [0, 0.1) is 0 Å². The molecular formula is C16H17N3O4S. The fourth-order valence-electron chi connectivity index (χ4n) is 2.19. The van der Waals surface area contributed by atoms with E-state index in [-0.39, 0.29) is 10.6 Å². The van der Waals surface area contributed by atoms with Gasteiger partial charge in [0.2, 0.25) is 0 Å². The molecule has 0 saturated carbocycles. The van der Waals surface area contributed by atoms with Crippen LogP contribution in [-0.2, 0) is 16.4 Å². The topological polar surface area (TPSA) is 94.3 Å². The van der Waals surface area contributed by atoms with Crippen molar-refractivity contribution in [2.24, 2.45) is 0 Å². The van der Waals surface area contributed by atoms with Gasteiger partial charge in [-0.1, -0.05) is 6.92 Å². The number of sulfone groups is 1. The van der Waals surface area contributed by atoms with E-state index in [9.17, 15) is 8.42 Å². The summed E-state index contributed by atoms with van der Waals surface area (Å²) in [6, 6.07) is 6.84. The van der Waals surface area contributed by atoms with Crippen molar-refractivity contribution in [3.63, 3.8) is 0 Å². The smallest absolute Gasteiger partial charge is 0.295 e.